The van der Waals surface area contributed by atoms with E-state index in [4.69, 9.17) is 4.74 Å². The molecule has 1 aromatic carbocycles. The first-order valence-corrected chi connectivity index (χ1v) is 10.0. The molecule has 148 valence electrons. The van der Waals surface area contributed by atoms with E-state index < -0.39 is 12.1 Å². The van der Waals surface area contributed by atoms with Gasteiger partial charge in [-0.1, -0.05) is 24.3 Å². The summed E-state index contributed by atoms with van der Waals surface area (Å²) in [6.07, 6.45) is -0.111. The van der Waals surface area contributed by atoms with Crippen molar-refractivity contribution in [3.63, 3.8) is 0 Å². The van der Waals surface area contributed by atoms with Gasteiger partial charge < -0.3 is 15.0 Å². The second kappa shape index (κ2) is 8.14. The number of anilines is 1. The van der Waals surface area contributed by atoms with Crippen LogP contribution in [0.4, 0.5) is 5.00 Å². The molecular weight excluding hydrogens is 376 g/mol. The average Bonchev–Trinajstić information content (AvgIpc) is 2.93. The van der Waals surface area contributed by atoms with Crippen LogP contribution in [0.1, 0.15) is 45.8 Å². The molecule has 0 saturated heterocycles. The second-order valence-corrected chi connectivity index (χ2v) is 8.22. The highest BCUT2D eigenvalue weighted by Crippen LogP contribution is 2.33. The number of carbonyl (C=O) groups is 3. The summed E-state index contributed by atoms with van der Waals surface area (Å²) in [5.41, 5.74) is 3.45. The minimum Gasteiger partial charge on any atom is -0.449 e. The van der Waals surface area contributed by atoms with Crippen molar-refractivity contribution >= 4 is 34.1 Å². The van der Waals surface area contributed by atoms with E-state index in [1.807, 2.05) is 32.0 Å². The van der Waals surface area contributed by atoms with Gasteiger partial charge in [-0.3, -0.25) is 9.59 Å². The van der Waals surface area contributed by atoms with Gasteiger partial charge in [0.25, 0.3) is 5.91 Å². The second-order valence-electron chi connectivity index (χ2n) is 6.99. The molecule has 28 heavy (non-hydrogen) atoms. The van der Waals surface area contributed by atoms with Crippen LogP contribution >= 0.6 is 11.3 Å². The van der Waals surface area contributed by atoms with Crippen molar-refractivity contribution in [1.29, 1.82) is 0 Å². The summed E-state index contributed by atoms with van der Waals surface area (Å²) in [7, 11) is 0. The van der Waals surface area contributed by atoms with E-state index in [-0.39, 0.29) is 11.8 Å². The van der Waals surface area contributed by atoms with E-state index >= 15 is 0 Å². The van der Waals surface area contributed by atoms with Crippen LogP contribution < -0.4 is 5.32 Å². The van der Waals surface area contributed by atoms with E-state index in [9.17, 15) is 14.4 Å². The molecule has 1 aromatic heterocycles. The summed E-state index contributed by atoms with van der Waals surface area (Å²) in [6.45, 7) is 7.78. The minimum absolute atomic E-state index is 0.214. The molecule has 1 aliphatic heterocycles. The largest absolute Gasteiger partial charge is 0.449 e. The van der Waals surface area contributed by atoms with E-state index in [2.05, 4.69) is 11.4 Å². The van der Waals surface area contributed by atoms with Crippen molar-refractivity contribution in [2.75, 3.05) is 11.9 Å². The van der Waals surface area contributed by atoms with Crippen LogP contribution in [0, 0.1) is 13.8 Å². The molecule has 2 aromatic rings. The van der Waals surface area contributed by atoms with Crippen LogP contribution in [0.3, 0.4) is 0 Å². The highest BCUT2D eigenvalue weighted by molar-refractivity contribution is 7.16. The Hall–Kier alpha value is -2.67. The number of aryl methyl sites for hydroxylation is 1. The molecule has 1 N–H and O–H groups in total. The van der Waals surface area contributed by atoms with E-state index in [0.29, 0.717) is 23.7 Å². The maximum atomic E-state index is 12.8. The zero-order valence-electron chi connectivity index (χ0n) is 16.5. The quantitative estimate of drug-likeness (QED) is 0.798. The first-order valence-electron chi connectivity index (χ1n) is 9.22. The van der Waals surface area contributed by atoms with Gasteiger partial charge in [0.15, 0.2) is 6.10 Å². The first kappa shape index (κ1) is 20.1. The van der Waals surface area contributed by atoms with E-state index in [0.717, 1.165) is 22.4 Å². The Morgan fingerprint density at radius 1 is 1.18 bits per heavy atom. The Morgan fingerprint density at radius 2 is 1.86 bits per heavy atom. The minimum atomic E-state index is -0.900. The number of amides is 2. The van der Waals surface area contributed by atoms with Gasteiger partial charge in [-0.2, -0.15) is 0 Å². The van der Waals surface area contributed by atoms with E-state index in [1.54, 1.807) is 11.8 Å². The summed E-state index contributed by atoms with van der Waals surface area (Å²) in [4.78, 5) is 39.6. The predicted molar refractivity (Wildman–Crippen MR) is 109 cm³/mol. The molecule has 2 amide bonds. The molecule has 0 fully saturated rings. The lowest BCUT2D eigenvalue weighted by atomic mass is 9.99. The number of ether oxygens (including phenoxy) is 1. The number of thiophene rings is 1. The molecule has 3 rings (SSSR count). The van der Waals surface area contributed by atoms with Crippen LogP contribution in [0.2, 0.25) is 0 Å². The van der Waals surface area contributed by atoms with Crippen LogP contribution in [0.5, 0.6) is 0 Å². The standard InChI is InChI=1S/C21H24N2O4S/c1-12-14(3)28-19(22-15(4)24)18(12)21(26)27-13(2)20(25)23-10-9-16-7-5-6-8-17(16)11-23/h5-8,13H,9-11H2,1-4H3,(H,22,24). The number of fused-ring (bicyclic) bond motifs is 1. The van der Waals surface area contributed by atoms with Crippen LogP contribution in [0.25, 0.3) is 0 Å². The zero-order valence-corrected chi connectivity index (χ0v) is 17.3. The zero-order chi connectivity index (χ0) is 20.4. The molecule has 0 radical (unpaired) electrons. The van der Waals surface area contributed by atoms with Crippen molar-refractivity contribution in [1.82, 2.24) is 4.90 Å². The first-order chi connectivity index (χ1) is 13.3. The molecule has 0 saturated carbocycles. The van der Waals surface area contributed by atoms with Gasteiger partial charge in [-0.25, -0.2) is 4.79 Å². The molecule has 1 atom stereocenters. The summed E-state index contributed by atoms with van der Waals surface area (Å²) in [5, 5.41) is 3.13. The molecule has 0 spiro atoms. The molecule has 2 heterocycles. The number of hydrogen-bond donors (Lipinski definition) is 1. The highest BCUT2D eigenvalue weighted by Gasteiger charge is 2.29. The van der Waals surface area contributed by atoms with Crippen molar-refractivity contribution < 1.29 is 19.1 Å². The van der Waals surface area contributed by atoms with Crippen molar-refractivity contribution in [3.8, 4) is 0 Å². The topological polar surface area (TPSA) is 75.7 Å². The summed E-state index contributed by atoms with van der Waals surface area (Å²) < 4.78 is 5.48. The average molecular weight is 401 g/mol. The van der Waals surface area contributed by atoms with Gasteiger partial charge in [0.1, 0.15) is 5.00 Å². The molecule has 7 heteroatoms. The van der Waals surface area contributed by atoms with Gasteiger partial charge in [0.05, 0.1) is 5.56 Å². The summed E-state index contributed by atoms with van der Waals surface area (Å²) in [5.74, 6) is -1.07. The maximum Gasteiger partial charge on any atom is 0.342 e. The predicted octanol–water partition coefficient (Wildman–Crippen LogP) is 3.45. The third-order valence-corrected chi connectivity index (χ3v) is 6.08. The number of nitrogens with one attached hydrogen (secondary N) is 1. The Labute approximate surface area is 168 Å². The maximum absolute atomic E-state index is 12.8. The number of nitrogens with zero attached hydrogens (tertiary/aromatic N) is 1. The fourth-order valence-corrected chi connectivity index (χ4v) is 4.43. The SMILES string of the molecule is CC(=O)Nc1sc(C)c(C)c1C(=O)OC(C)C(=O)N1CCc2ccccc2C1. The summed E-state index contributed by atoms with van der Waals surface area (Å²) in [6, 6.07) is 8.05. The number of esters is 1. The van der Waals surface area contributed by atoms with Gasteiger partial charge in [0, 0.05) is 24.9 Å². The number of hydrogen-bond acceptors (Lipinski definition) is 5. The van der Waals surface area contributed by atoms with Crippen molar-refractivity contribution in [2.24, 2.45) is 0 Å². The lowest BCUT2D eigenvalue weighted by molar-refractivity contribution is -0.140. The van der Waals surface area contributed by atoms with Crippen LogP contribution in [-0.4, -0.2) is 35.3 Å². The van der Waals surface area contributed by atoms with Gasteiger partial charge in [0.2, 0.25) is 5.91 Å². The smallest absolute Gasteiger partial charge is 0.342 e. The Balaban J connectivity index is 1.71. The molecule has 1 unspecified atom stereocenters. The third-order valence-electron chi connectivity index (χ3n) is 4.95. The van der Waals surface area contributed by atoms with E-state index in [1.165, 1.54) is 23.8 Å². The Bertz CT molecular complexity index is 934. The molecular formula is C21H24N2O4S. The number of rotatable bonds is 4. The fraction of sp³-hybridized carbons (Fsp3) is 0.381. The summed E-state index contributed by atoms with van der Waals surface area (Å²) >= 11 is 1.33. The number of benzene rings is 1. The lowest BCUT2D eigenvalue weighted by Crippen LogP contribution is -2.42. The Kier molecular flexibility index (Phi) is 5.84. The molecule has 6 nitrogen and oxygen atoms in total. The Morgan fingerprint density at radius 3 is 2.54 bits per heavy atom. The molecule has 1 aliphatic rings. The van der Waals surface area contributed by atoms with Gasteiger partial charge in [-0.15, -0.1) is 11.3 Å². The van der Waals surface area contributed by atoms with Crippen molar-refractivity contribution in [2.45, 2.75) is 46.8 Å². The number of carbonyl (C=O) groups excluding carboxylic acids is 3. The normalized spacial score (nSPS) is 14.2. The monoisotopic (exact) mass is 400 g/mol. The van der Waals surface area contributed by atoms with Gasteiger partial charge in [-0.05, 0) is 43.9 Å². The molecule has 0 aliphatic carbocycles. The van der Waals surface area contributed by atoms with Crippen LogP contribution in [0.15, 0.2) is 24.3 Å². The third kappa shape index (κ3) is 4.09. The fourth-order valence-electron chi connectivity index (χ4n) is 3.33. The lowest BCUT2D eigenvalue weighted by Gasteiger charge is -2.30. The molecule has 0 bridgehead atoms. The van der Waals surface area contributed by atoms with Crippen molar-refractivity contribution in [3.05, 3.63) is 51.4 Å². The van der Waals surface area contributed by atoms with Gasteiger partial charge >= 0.3 is 5.97 Å². The van der Waals surface area contributed by atoms with Crippen LogP contribution in [-0.2, 0) is 27.3 Å². The highest BCUT2D eigenvalue weighted by atomic mass is 32.1.